The summed E-state index contributed by atoms with van der Waals surface area (Å²) in [6, 6.07) is -0.165. The van der Waals surface area contributed by atoms with Gasteiger partial charge >= 0.3 is 5.97 Å². The summed E-state index contributed by atoms with van der Waals surface area (Å²) in [6.07, 6.45) is 0.957. The Bertz CT molecular complexity index is 342. The Hall–Kier alpha value is -1.59. The van der Waals surface area contributed by atoms with Crippen molar-refractivity contribution < 1.29 is 19.5 Å². The minimum atomic E-state index is -0.866. The summed E-state index contributed by atoms with van der Waals surface area (Å²) in [5, 5.41) is 11.6. The van der Waals surface area contributed by atoms with Gasteiger partial charge in [0.05, 0.1) is 12.0 Å². The first-order valence-corrected chi connectivity index (χ1v) is 5.37. The van der Waals surface area contributed by atoms with Gasteiger partial charge in [-0.05, 0) is 6.42 Å². The molecule has 88 valence electrons. The number of hydrogen-bond donors (Lipinski definition) is 2. The Kier molecular flexibility index (Phi) is 2.80. The average Bonchev–Trinajstić information content (AvgIpc) is 2.65. The van der Waals surface area contributed by atoms with E-state index in [1.54, 1.807) is 4.90 Å². The SMILES string of the molecule is O=C1CC(N2CC(C(=O)O)CCC2=O)CN1. The maximum absolute atomic E-state index is 11.7. The number of nitrogens with one attached hydrogen (secondary N) is 1. The van der Waals surface area contributed by atoms with E-state index in [-0.39, 0.29) is 37.2 Å². The first kappa shape index (κ1) is 10.9. The molecule has 2 amide bonds. The van der Waals surface area contributed by atoms with Crippen LogP contribution in [0.2, 0.25) is 0 Å². The first-order chi connectivity index (χ1) is 7.58. The first-order valence-electron chi connectivity index (χ1n) is 5.37. The largest absolute Gasteiger partial charge is 0.481 e. The molecule has 2 N–H and O–H groups in total. The number of nitrogens with zero attached hydrogens (tertiary/aromatic N) is 1. The van der Waals surface area contributed by atoms with E-state index in [0.29, 0.717) is 13.0 Å². The minimum absolute atomic E-state index is 0.0426. The van der Waals surface area contributed by atoms with Crippen LogP contribution >= 0.6 is 0 Å². The summed E-state index contributed by atoms with van der Waals surface area (Å²) in [5.41, 5.74) is 0. The molecule has 2 heterocycles. The fraction of sp³-hybridized carbons (Fsp3) is 0.700. The molecule has 2 saturated heterocycles. The minimum Gasteiger partial charge on any atom is -0.481 e. The molecule has 0 saturated carbocycles. The molecule has 0 spiro atoms. The van der Waals surface area contributed by atoms with Gasteiger partial charge in [-0.15, -0.1) is 0 Å². The molecule has 0 aliphatic carbocycles. The lowest BCUT2D eigenvalue weighted by molar-refractivity contribution is -0.148. The molecule has 0 radical (unpaired) electrons. The van der Waals surface area contributed by atoms with Crippen molar-refractivity contribution in [3.05, 3.63) is 0 Å². The molecule has 2 fully saturated rings. The molecule has 6 heteroatoms. The number of carboxylic acid groups (broad SMARTS) is 1. The van der Waals surface area contributed by atoms with Crippen molar-refractivity contribution >= 4 is 17.8 Å². The number of likely N-dealkylation sites (tertiary alicyclic amines) is 1. The standard InChI is InChI=1S/C10H14N2O4/c13-8-3-7(4-11-8)12-5-6(10(15)16)1-2-9(12)14/h6-7H,1-5H2,(H,11,13)(H,15,16). The summed E-state index contributed by atoms with van der Waals surface area (Å²) in [7, 11) is 0. The number of carboxylic acids is 1. The van der Waals surface area contributed by atoms with Crippen molar-refractivity contribution in [3.63, 3.8) is 0 Å². The van der Waals surface area contributed by atoms with Crippen molar-refractivity contribution in [2.75, 3.05) is 13.1 Å². The zero-order chi connectivity index (χ0) is 11.7. The van der Waals surface area contributed by atoms with Gasteiger partial charge in [-0.3, -0.25) is 14.4 Å². The van der Waals surface area contributed by atoms with E-state index in [4.69, 9.17) is 5.11 Å². The fourth-order valence-electron chi connectivity index (χ4n) is 2.24. The van der Waals surface area contributed by atoms with Crippen molar-refractivity contribution in [2.45, 2.75) is 25.3 Å². The molecule has 2 unspecified atom stereocenters. The molecule has 2 rings (SSSR count). The number of rotatable bonds is 2. The molecule has 16 heavy (non-hydrogen) atoms. The van der Waals surface area contributed by atoms with E-state index in [1.165, 1.54) is 0 Å². The third kappa shape index (κ3) is 2.00. The predicted molar refractivity (Wildman–Crippen MR) is 53.5 cm³/mol. The van der Waals surface area contributed by atoms with Gasteiger partial charge < -0.3 is 15.3 Å². The molecule has 0 aromatic rings. The van der Waals surface area contributed by atoms with Crippen LogP contribution in [0.4, 0.5) is 0 Å². The zero-order valence-corrected chi connectivity index (χ0v) is 8.81. The van der Waals surface area contributed by atoms with Crippen molar-refractivity contribution in [2.24, 2.45) is 5.92 Å². The Morgan fingerprint density at radius 2 is 2.19 bits per heavy atom. The summed E-state index contributed by atoms with van der Waals surface area (Å²) >= 11 is 0. The van der Waals surface area contributed by atoms with Crippen LogP contribution in [0, 0.1) is 5.92 Å². The molecule has 2 aliphatic heterocycles. The average molecular weight is 226 g/mol. The molecule has 0 aromatic heterocycles. The maximum Gasteiger partial charge on any atom is 0.308 e. The molecule has 0 bridgehead atoms. The van der Waals surface area contributed by atoms with Crippen LogP contribution in [0.15, 0.2) is 0 Å². The Morgan fingerprint density at radius 3 is 2.75 bits per heavy atom. The molecule has 6 nitrogen and oxygen atoms in total. The van der Waals surface area contributed by atoms with Gasteiger partial charge in [0.15, 0.2) is 0 Å². The van der Waals surface area contributed by atoms with Gasteiger partial charge in [0.2, 0.25) is 11.8 Å². The highest BCUT2D eigenvalue weighted by molar-refractivity contribution is 5.83. The van der Waals surface area contributed by atoms with E-state index >= 15 is 0 Å². The number of aliphatic carboxylic acids is 1. The summed E-state index contributed by atoms with van der Waals surface area (Å²) < 4.78 is 0. The van der Waals surface area contributed by atoms with Gasteiger partial charge in [-0.25, -0.2) is 0 Å². The summed E-state index contributed by atoms with van der Waals surface area (Å²) in [6.45, 7) is 0.671. The molecule has 2 aliphatic rings. The van der Waals surface area contributed by atoms with Gasteiger partial charge in [0.1, 0.15) is 0 Å². The lowest BCUT2D eigenvalue weighted by Gasteiger charge is -2.34. The van der Waals surface area contributed by atoms with Crippen LogP contribution in [0.25, 0.3) is 0 Å². The second-order valence-corrected chi connectivity index (χ2v) is 4.28. The van der Waals surface area contributed by atoms with Crippen LogP contribution < -0.4 is 5.32 Å². The third-order valence-electron chi connectivity index (χ3n) is 3.19. The highest BCUT2D eigenvalue weighted by Gasteiger charge is 2.36. The summed E-state index contributed by atoms with van der Waals surface area (Å²) in [5.74, 6) is -1.47. The van der Waals surface area contributed by atoms with E-state index in [1.807, 2.05) is 0 Å². The normalized spacial score (nSPS) is 30.4. The van der Waals surface area contributed by atoms with Crippen molar-refractivity contribution in [3.8, 4) is 0 Å². The smallest absolute Gasteiger partial charge is 0.308 e. The van der Waals surface area contributed by atoms with Crippen molar-refractivity contribution in [1.29, 1.82) is 0 Å². The lowest BCUT2D eigenvalue weighted by atomic mass is 9.96. The van der Waals surface area contributed by atoms with Crippen molar-refractivity contribution in [1.82, 2.24) is 10.2 Å². The Balaban J connectivity index is 2.04. The van der Waals surface area contributed by atoms with E-state index in [0.717, 1.165) is 0 Å². The topological polar surface area (TPSA) is 86.7 Å². The van der Waals surface area contributed by atoms with Crippen LogP contribution in [0.1, 0.15) is 19.3 Å². The van der Waals surface area contributed by atoms with Gasteiger partial charge in [0, 0.05) is 25.9 Å². The quantitative estimate of drug-likeness (QED) is 0.645. The van der Waals surface area contributed by atoms with Gasteiger partial charge in [-0.1, -0.05) is 0 Å². The Labute approximate surface area is 92.6 Å². The molecule has 2 atom stereocenters. The third-order valence-corrected chi connectivity index (χ3v) is 3.19. The highest BCUT2D eigenvalue weighted by Crippen LogP contribution is 2.22. The molecular formula is C10H14N2O4. The van der Waals surface area contributed by atoms with Gasteiger partial charge in [-0.2, -0.15) is 0 Å². The molecular weight excluding hydrogens is 212 g/mol. The zero-order valence-electron chi connectivity index (χ0n) is 8.81. The highest BCUT2D eigenvalue weighted by atomic mass is 16.4. The van der Waals surface area contributed by atoms with E-state index in [9.17, 15) is 14.4 Å². The van der Waals surface area contributed by atoms with Crippen LogP contribution in [0.3, 0.4) is 0 Å². The summed E-state index contributed by atoms with van der Waals surface area (Å²) in [4.78, 5) is 35.1. The second kappa shape index (κ2) is 4.11. The van der Waals surface area contributed by atoms with E-state index < -0.39 is 11.9 Å². The fourth-order valence-corrected chi connectivity index (χ4v) is 2.24. The number of carbonyl (C=O) groups is 3. The van der Waals surface area contributed by atoms with E-state index in [2.05, 4.69) is 5.32 Å². The Morgan fingerprint density at radius 1 is 1.44 bits per heavy atom. The number of carbonyl (C=O) groups excluding carboxylic acids is 2. The molecule has 0 aromatic carbocycles. The lowest BCUT2D eigenvalue weighted by Crippen LogP contribution is -2.48. The number of amides is 2. The predicted octanol–water partition coefficient (Wildman–Crippen LogP) is -0.802. The second-order valence-electron chi connectivity index (χ2n) is 4.28. The number of piperidine rings is 1. The van der Waals surface area contributed by atoms with Gasteiger partial charge in [0.25, 0.3) is 0 Å². The van der Waals surface area contributed by atoms with Crippen LogP contribution in [-0.2, 0) is 14.4 Å². The van der Waals surface area contributed by atoms with Crippen LogP contribution in [0.5, 0.6) is 0 Å². The number of hydrogen-bond acceptors (Lipinski definition) is 3. The van der Waals surface area contributed by atoms with Crippen LogP contribution in [-0.4, -0.2) is 46.9 Å². The maximum atomic E-state index is 11.7. The monoisotopic (exact) mass is 226 g/mol.